The van der Waals surface area contributed by atoms with E-state index in [1.807, 2.05) is 54.6 Å². The number of amides is 1. The quantitative estimate of drug-likeness (QED) is 0.716. The van der Waals surface area contributed by atoms with Gasteiger partial charge in [0.25, 0.3) is 5.91 Å². The summed E-state index contributed by atoms with van der Waals surface area (Å²) in [6.45, 7) is 2.08. The van der Waals surface area contributed by atoms with Gasteiger partial charge in [-0.3, -0.25) is 9.78 Å². The first-order valence-corrected chi connectivity index (χ1v) is 8.15. The van der Waals surface area contributed by atoms with Gasteiger partial charge in [-0.25, -0.2) is 0 Å². The van der Waals surface area contributed by atoms with Gasteiger partial charge in [-0.05, 0) is 42.2 Å². The zero-order chi connectivity index (χ0) is 15.4. The van der Waals surface area contributed by atoms with Crippen molar-refractivity contribution >= 4 is 34.3 Å². The van der Waals surface area contributed by atoms with Gasteiger partial charge >= 0.3 is 0 Å². The molecular weight excluding hydrogens is 292 g/mol. The zero-order valence-electron chi connectivity index (χ0n) is 12.2. The standard InChI is InChI=1S/C18H16N2OS/c1-2-22-17-11-4-3-7-14(17)18(21)20-16-10-5-9-15-13(16)8-6-12-19-15/h3-12H,2H2,1H3,(H,20,21). The Morgan fingerprint density at radius 3 is 2.82 bits per heavy atom. The van der Waals surface area contributed by atoms with E-state index in [1.165, 1.54) is 0 Å². The Labute approximate surface area is 133 Å². The van der Waals surface area contributed by atoms with Crippen molar-refractivity contribution in [1.29, 1.82) is 0 Å². The molecule has 1 N–H and O–H groups in total. The number of aromatic nitrogens is 1. The van der Waals surface area contributed by atoms with Gasteiger partial charge in [-0.1, -0.05) is 25.1 Å². The number of anilines is 1. The summed E-state index contributed by atoms with van der Waals surface area (Å²) in [5.41, 5.74) is 2.36. The highest BCUT2D eigenvalue weighted by Gasteiger charge is 2.12. The van der Waals surface area contributed by atoms with Crippen molar-refractivity contribution < 1.29 is 4.79 Å². The predicted molar refractivity (Wildman–Crippen MR) is 92.5 cm³/mol. The SMILES string of the molecule is CCSc1ccccc1C(=O)Nc1cccc2ncccc12. The minimum Gasteiger partial charge on any atom is -0.321 e. The van der Waals surface area contributed by atoms with Gasteiger partial charge in [0, 0.05) is 16.5 Å². The van der Waals surface area contributed by atoms with E-state index in [9.17, 15) is 4.79 Å². The van der Waals surface area contributed by atoms with Crippen molar-refractivity contribution in [3.8, 4) is 0 Å². The van der Waals surface area contributed by atoms with Crippen molar-refractivity contribution in [3.63, 3.8) is 0 Å². The van der Waals surface area contributed by atoms with E-state index in [2.05, 4.69) is 17.2 Å². The summed E-state index contributed by atoms with van der Waals surface area (Å²) in [7, 11) is 0. The number of fused-ring (bicyclic) bond motifs is 1. The Hall–Kier alpha value is -2.33. The molecule has 0 aliphatic carbocycles. The molecule has 4 heteroatoms. The normalized spacial score (nSPS) is 10.6. The summed E-state index contributed by atoms with van der Waals surface area (Å²) < 4.78 is 0. The van der Waals surface area contributed by atoms with E-state index in [0.29, 0.717) is 5.56 Å². The van der Waals surface area contributed by atoms with Crippen LogP contribution in [-0.2, 0) is 0 Å². The van der Waals surface area contributed by atoms with Crippen molar-refractivity contribution in [2.45, 2.75) is 11.8 Å². The molecule has 22 heavy (non-hydrogen) atoms. The maximum Gasteiger partial charge on any atom is 0.256 e. The van der Waals surface area contributed by atoms with Crippen LogP contribution in [0.1, 0.15) is 17.3 Å². The van der Waals surface area contributed by atoms with Crippen LogP contribution in [0, 0.1) is 0 Å². The highest BCUT2D eigenvalue weighted by Crippen LogP contribution is 2.25. The Bertz CT molecular complexity index is 812. The molecule has 0 bridgehead atoms. The smallest absolute Gasteiger partial charge is 0.256 e. The third-order valence-electron chi connectivity index (χ3n) is 3.33. The van der Waals surface area contributed by atoms with Crippen LogP contribution in [0.3, 0.4) is 0 Å². The summed E-state index contributed by atoms with van der Waals surface area (Å²) in [6, 6.07) is 17.3. The molecule has 0 fully saturated rings. The highest BCUT2D eigenvalue weighted by molar-refractivity contribution is 7.99. The average molecular weight is 308 g/mol. The number of hydrogen-bond acceptors (Lipinski definition) is 3. The second kappa shape index (κ2) is 6.62. The first-order chi connectivity index (χ1) is 10.8. The summed E-state index contributed by atoms with van der Waals surface area (Å²) in [5.74, 6) is 0.843. The van der Waals surface area contributed by atoms with Crippen molar-refractivity contribution in [2.24, 2.45) is 0 Å². The number of benzene rings is 2. The van der Waals surface area contributed by atoms with E-state index >= 15 is 0 Å². The Morgan fingerprint density at radius 2 is 1.95 bits per heavy atom. The van der Waals surface area contributed by atoms with Crippen molar-refractivity contribution in [1.82, 2.24) is 4.98 Å². The van der Waals surface area contributed by atoms with E-state index in [1.54, 1.807) is 18.0 Å². The second-order valence-electron chi connectivity index (χ2n) is 4.76. The monoisotopic (exact) mass is 308 g/mol. The number of nitrogens with zero attached hydrogens (tertiary/aromatic N) is 1. The fourth-order valence-electron chi connectivity index (χ4n) is 2.34. The first kappa shape index (κ1) is 14.6. The van der Waals surface area contributed by atoms with Crippen LogP contribution in [0.2, 0.25) is 0 Å². The Balaban J connectivity index is 1.94. The molecule has 0 spiro atoms. The van der Waals surface area contributed by atoms with Crippen LogP contribution in [-0.4, -0.2) is 16.6 Å². The van der Waals surface area contributed by atoms with Gasteiger partial charge in [0.05, 0.1) is 16.8 Å². The molecule has 1 amide bonds. The summed E-state index contributed by atoms with van der Waals surface area (Å²) >= 11 is 1.67. The lowest BCUT2D eigenvalue weighted by Gasteiger charge is -2.11. The van der Waals surface area contributed by atoms with Gasteiger partial charge in [0.1, 0.15) is 0 Å². The number of nitrogens with one attached hydrogen (secondary N) is 1. The molecule has 1 heterocycles. The number of carbonyl (C=O) groups is 1. The number of hydrogen-bond donors (Lipinski definition) is 1. The van der Waals surface area contributed by atoms with Crippen LogP contribution in [0.5, 0.6) is 0 Å². The number of carbonyl (C=O) groups excluding carboxylic acids is 1. The maximum absolute atomic E-state index is 12.6. The molecule has 2 aromatic carbocycles. The molecule has 0 aliphatic rings. The molecule has 0 aliphatic heterocycles. The Morgan fingerprint density at radius 1 is 1.09 bits per heavy atom. The molecule has 1 aromatic heterocycles. The second-order valence-corrected chi connectivity index (χ2v) is 6.06. The predicted octanol–water partition coefficient (Wildman–Crippen LogP) is 4.60. The Kier molecular flexibility index (Phi) is 4.39. The third kappa shape index (κ3) is 2.97. The molecular formula is C18H16N2OS. The lowest BCUT2D eigenvalue weighted by molar-refractivity contribution is 0.102. The van der Waals surface area contributed by atoms with Crippen molar-refractivity contribution in [2.75, 3.05) is 11.1 Å². The third-order valence-corrected chi connectivity index (χ3v) is 4.28. The molecule has 3 aromatic rings. The van der Waals surface area contributed by atoms with E-state index < -0.39 is 0 Å². The van der Waals surface area contributed by atoms with Crippen LogP contribution in [0.4, 0.5) is 5.69 Å². The largest absolute Gasteiger partial charge is 0.321 e. The average Bonchev–Trinajstić information content (AvgIpc) is 2.56. The lowest BCUT2D eigenvalue weighted by atomic mass is 10.1. The van der Waals surface area contributed by atoms with Crippen LogP contribution in [0.15, 0.2) is 65.7 Å². The molecule has 3 rings (SSSR count). The molecule has 0 saturated heterocycles. The summed E-state index contributed by atoms with van der Waals surface area (Å²) in [5, 5.41) is 3.95. The fraction of sp³-hybridized carbons (Fsp3) is 0.111. The topological polar surface area (TPSA) is 42.0 Å². The van der Waals surface area contributed by atoms with Gasteiger partial charge in [-0.15, -0.1) is 11.8 Å². The van der Waals surface area contributed by atoms with E-state index in [-0.39, 0.29) is 5.91 Å². The summed E-state index contributed by atoms with van der Waals surface area (Å²) in [6.07, 6.45) is 1.75. The van der Waals surface area contributed by atoms with Gasteiger partial charge < -0.3 is 5.32 Å². The molecule has 110 valence electrons. The first-order valence-electron chi connectivity index (χ1n) is 7.16. The lowest BCUT2D eigenvalue weighted by Crippen LogP contribution is -2.13. The molecule has 0 radical (unpaired) electrons. The highest BCUT2D eigenvalue weighted by atomic mass is 32.2. The zero-order valence-corrected chi connectivity index (χ0v) is 13.1. The van der Waals surface area contributed by atoms with Gasteiger partial charge in [0.15, 0.2) is 0 Å². The molecule has 0 saturated carbocycles. The number of pyridine rings is 1. The van der Waals surface area contributed by atoms with Crippen LogP contribution < -0.4 is 5.32 Å². The minimum atomic E-state index is -0.0899. The number of rotatable bonds is 4. The van der Waals surface area contributed by atoms with E-state index in [4.69, 9.17) is 0 Å². The molecule has 3 nitrogen and oxygen atoms in total. The maximum atomic E-state index is 12.6. The number of thioether (sulfide) groups is 1. The molecule has 0 atom stereocenters. The minimum absolute atomic E-state index is 0.0899. The van der Waals surface area contributed by atoms with Gasteiger partial charge in [-0.2, -0.15) is 0 Å². The van der Waals surface area contributed by atoms with E-state index in [0.717, 1.165) is 27.2 Å². The van der Waals surface area contributed by atoms with Crippen molar-refractivity contribution in [3.05, 3.63) is 66.4 Å². The van der Waals surface area contributed by atoms with Crippen LogP contribution >= 0.6 is 11.8 Å². The fourth-order valence-corrected chi connectivity index (χ4v) is 3.14. The van der Waals surface area contributed by atoms with Crippen LogP contribution in [0.25, 0.3) is 10.9 Å². The molecule has 0 unspecified atom stereocenters. The summed E-state index contributed by atoms with van der Waals surface area (Å²) in [4.78, 5) is 17.9. The van der Waals surface area contributed by atoms with Gasteiger partial charge in [0.2, 0.25) is 0 Å².